The van der Waals surface area contributed by atoms with Crippen LogP contribution in [0.5, 0.6) is 0 Å². The van der Waals surface area contributed by atoms with Gasteiger partial charge in [0, 0.05) is 13.1 Å². The van der Waals surface area contributed by atoms with Gasteiger partial charge in [-0.25, -0.2) is 8.42 Å². The molecule has 1 aromatic rings. The number of aryl methyl sites for hydroxylation is 1. The molecule has 1 aromatic heterocycles. The molecule has 0 unspecified atom stereocenters. The van der Waals surface area contributed by atoms with Crippen molar-refractivity contribution in [2.24, 2.45) is 0 Å². The van der Waals surface area contributed by atoms with E-state index < -0.39 is 10.0 Å². The van der Waals surface area contributed by atoms with Gasteiger partial charge >= 0.3 is 0 Å². The number of hydrogen-bond acceptors (Lipinski definition) is 4. The van der Waals surface area contributed by atoms with Gasteiger partial charge in [0.15, 0.2) is 0 Å². The molecule has 0 spiro atoms. The van der Waals surface area contributed by atoms with Gasteiger partial charge < -0.3 is 5.32 Å². The number of amides is 1. The molecule has 0 fully saturated rings. The standard InChI is InChI=1S/C11H17BrN2O3S2/c1-4-13-9(15)7-14(5-2)19(16,17)10-6-8(3)11(12)18-10/h6H,4-5,7H2,1-3H3,(H,13,15). The molecule has 1 N–H and O–H groups in total. The highest BCUT2D eigenvalue weighted by Crippen LogP contribution is 2.32. The normalized spacial score (nSPS) is 11.8. The monoisotopic (exact) mass is 368 g/mol. The molecule has 19 heavy (non-hydrogen) atoms. The number of sulfonamides is 1. The maximum Gasteiger partial charge on any atom is 0.253 e. The van der Waals surface area contributed by atoms with Crippen LogP contribution in [0.15, 0.2) is 14.1 Å². The predicted molar refractivity (Wildman–Crippen MR) is 79.9 cm³/mol. The summed E-state index contributed by atoms with van der Waals surface area (Å²) >= 11 is 4.47. The van der Waals surface area contributed by atoms with Crippen LogP contribution in [0.4, 0.5) is 0 Å². The van der Waals surface area contributed by atoms with E-state index in [1.165, 1.54) is 4.31 Å². The fourth-order valence-electron chi connectivity index (χ4n) is 1.47. The molecule has 0 saturated carbocycles. The number of likely N-dealkylation sites (N-methyl/N-ethyl adjacent to an activating group) is 2. The first-order valence-electron chi connectivity index (χ1n) is 5.85. The third-order valence-electron chi connectivity index (χ3n) is 2.48. The Balaban J connectivity index is 2.99. The molecule has 0 saturated heterocycles. The van der Waals surface area contributed by atoms with Crippen molar-refractivity contribution in [2.45, 2.75) is 25.0 Å². The maximum absolute atomic E-state index is 12.4. The molecule has 0 aliphatic carbocycles. The van der Waals surface area contributed by atoms with E-state index >= 15 is 0 Å². The average Bonchev–Trinajstić information content (AvgIpc) is 2.67. The predicted octanol–water partition coefficient (Wildman–Crippen LogP) is 1.97. The van der Waals surface area contributed by atoms with Crippen LogP contribution < -0.4 is 5.32 Å². The molecular weight excluding hydrogens is 352 g/mol. The first-order valence-corrected chi connectivity index (χ1v) is 8.90. The van der Waals surface area contributed by atoms with E-state index in [0.29, 0.717) is 6.54 Å². The molecule has 1 rings (SSSR count). The van der Waals surface area contributed by atoms with Crippen molar-refractivity contribution >= 4 is 43.2 Å². The van der Waals surface area contributed by atoms with Crippen LogP contribution in [0, 0.1) is 6.92 Å². The molecule has 0 aliphatic rings. The van der Waals surface area contributed by atoms with Gasteiger partial charge in [-0.1, -0.05) is 6.92 Å². The van der Waals surface area contributed by atoms with Crippen molar-refractivity contribution in [3.05, 3.63) is 15.4 Å². The topological polar surface area (TPSA) is 66.5 Å². The Hall–Kier alpha value is -0.440. The smallest absolute Gasteiger partial charge is 0.253 e. The van der Waals surface area contributed by atoms with Crippen LogP contribution in [0.3, 0.4) is 0 Å². The lowest BCUT2D eigenvalue weighted by Crippen LogP contribution is -2.40. The van der Waals surface area contributed by atoms with Crippen molar-refractivity contribution in [1.82, 2.24) is 9.62 Å². The third-order valence-corrected chi connectivity index (χ3v) is 6.98. The van der Waals surface area contributed by atoms with Gasteiger partial charge in [-0.05, 0) is 41.4 Å². The van der Waals surface area contributed by atoms with Crippen molar-refractivity contribution in [3.63, 3.8) is 0 Å². The van der Waals surface area contributed by atoms with Crippen LogP contribution in [-0.4, -0.2) is 38.3 Å². The molecule has 0 aromatic carbocycles. The SMILES string of the molecule is CCNC(=O)CN(CC)S(=O)(=O)c1cc(C)c(Br)s1. The molecule has 1 amide bonds. The van der Waals surface area contributed by atoms with Crippen LogP contribution in [0.1, 0.15) is 19.4 Å². The first kappa shape index (κ1) is 16.6. The molecule has 8 heteroatoms. The molecule has 5 nitrogen and oxygen atoms in total. The fraction of sp³-hybridized carbons (Fsp3) is 0.545. The highest BCUT2D eigenvalue weighted by Gasteiger charge is 2.27. The van der Waals surface area contributed by atoms with Crippen molar-refractivity contribution in [3.8, 4) is 0 Å². The number of nitrogens with zero attached hydrogens (tertiary/aromatic N) is 1. The average molecular weight is 369 g/mol. The summed E-state index contributed by atoms with van der Waals surface area (Å²) in [5.41, 5.74) is 0.873. The number of thiophene rings is 1. The Morgan fingerprint density at radius 3 is 2.53 bits per heavy atom. The molecule has 1 heterocycles. The van der Waals surface area contributed by atoms with Gasteiger partial charge in [-0.15, -0.1) is 11.3 Å². The van der Waals surface area contributed by atoms with Crippen LogP contribution >= 0.6 is 27.3 Å². The zero-order chi connectivity index (χ0) is 14.6. The fourth-order valence-corrected chi connectivity index (χ4v) is 5.25. The molecule has 108 valence electrons. The molecule has 0 atom stereocenters. The Morgan fingerprint density at radius 1 is 1.47 bits per heavy atom. The van der Waals surface area contributed by atoms with Crippen LogP contribution in [-0.2, 0) is 14.8 Å². The second kappa shape index (κ2) is 6.83. The van der Waals surface area contributed by atoms with Gasteiger partial charge in [0.25, 0.3) is 10.0 Å². The number of carbonyl (C=O) groups is 1. The summed E-state index contributed by atoms with van der Waals surface area (Å²) in [4.78, 5) is 11.5. The number of nitrogens with one attached hydrogen (secondary N) is 1. The molecule has 0 radical (unpaired) electrons. The maximum atomic E-state index is 12.4. The second-order valence-electron chi connectivity index (χ2n) is 3.91. The Kier molecular flexibility index (Phi) is 5.97. The quantitative estimate of drug-likeness (QED) is 0.834. The van der Waals surface area contributed by atoms with E-state index in [2.05, 4.69) is 21.2 Å². The summed E-state index contributed by atoms with van der Waals surface area (Å²) in [6.45, 7) is 5.93. The number of rotatable bonds is 6. The van der Waals surface area contributed by atoms with Gasteiger partial charge in [0.05, 0.1) is 10.3 Å². The number of halogens is 1. The molecule has 0 aliphatic heterocycles. The van der Waals surface area contributed by atoms with E-state index in [9.17, 15) is 13.2 Å². The van der Waals surface area contributed by atoms with Crippen molar-refractivity contribution in [2.75, 3.05) is 19.6 Å². The van der Waals surface area contributed by atoms with E-state index in [4.69, 9.17) is 0 Å². The summed E-state index contributed by atoms with van der Waals surface area (Å²) in [5.74, 6) is -0.291. The van der Waals surface area contributed by atoms with Crippen molar-refractivity contribution in [1.29, 1.82) is 0 Å². The minimum absolute atomic E-state index is 0.152. The minimum Gasteiger partial charge on any atom is -0.355 e. The van der Waals surface area contributed by atoms with E-state index in [-0.39, 0.29) is 23.2 Å². The summed E-state index contributed by atoms with van der Waals surface area (Å²) in [5, 5.41) is 2.60. The Labute approximate surface area is 126 Å². The summed E-state index contributed by atoms with van der Waals surface area (Å²) in [6.07, 6.45) is 0. The van der Waals surface area contributed by atoms with Gasteiger partial charge in [-0.2, -0.15) is 4.31 Å². The lowest BCUT2D eigenvalue weighted by atomic mass is 10.4. The largest absolute Gasteiger partial charge is 0.355 e. The van der Waals surface area contributed by atoms with Crippen LogP contribution in [0.25, 0.3) is 0 Å². The highest BCUT2D eigenvalue weighted by molar-refractivity contribution is 9.11. The van der Waals surface area contributed by atoms with E-state index in [0.717, 1.165) is 20.7 Å². The minimum atomic E-state index is -3.61. The number of hydrogen-bond donors (Lipinski definition) is 1. The second-order valence-corrected chi connectivity index (χ2v) is 8.44. The van der Waals surface area contributed by atoms with Gasteiger partial charge in [-0.3, -0.25) is 4.79 Å². The number of carbonyl (C=O) groups excluding carboxylic acids is 1. The third kappa shape index (κ3) is 4.01. The summed E-state index contributed by atoms with van der Waals surface area (Å²) in [7, 11) is -3.61. The van der Waals surface area contributed by atoms with Crippen molar-refractivity contribution < 1.29 is 13.2 Å². The van der Waals surface area contributed by atoms with Gasteiger partial charge in [0.2, 0.25) is 5.91 Å². The first-order chi connectivity index (χ1) is 8.82. The zero-order valence-corrected chi connectivity index (χ0v) is 14.3. The summed E-state index contributed by atoms with van der Waals surface area (Å²) in [6, 6.07) is 1.62. The Bertz CT molecular complexity index is 535. The lowest BCUT2D eigenvalue weighted by Gasteiger charge is -2.18. The summed E-state index contributed by atoms with van der Waals surface area (Å²) < 4.78 is 27.0. The zero-order valence-electron chi connectivity index (χ0n) is 11.1. The van der Waals surface area contributed by atoms with Gasteiger partial charge in [0.1, 0.15) is 4.21 Å². The van der Waals surface area contributed by atoms with Crippen LogP contribution in [0.2, 0.25) is 0 Å². The Morgan fingerprint density at radius 2 is 2.11 bits per heavy atom. The molecule has 0 bridgehead atoms. The lowest BCUT2D eigenvalue weighted by molar-refractivity contribution is -0.121. The highest BCUT2D eigenvalue weighted by atomic mass is 79.9. The van der Waals surface area contributed by atoms with E-state index in [1.54, 1.807) is 19.9 Å². The van der Waals surface area contributed by atoms with E-state index in [1.807, 2.05) is 6.92 Å². The molecular formula is C11H17BrN2O3S2.